The molecule has 1 aromatic heterocycles. The third-order valence-corrected chi connectivity index (χ3v) is 2.17. The van der Waals surface area contributed by atoms with Crippen LogP contribution in [-0.4, -0.2) is 14.8 Å². The van der Waals surface area contributed by atoms with E-state index in [4.69, 9.17) is 17.3 Å². The van der Waals surface area contributed by atoms with Crippen LogP contribution in [0.2, 0.25) is 5.02 Å². The van der Waals surface area contributed by atoms with Gasteiger partial charge in [-0.2, -0.15) is 0 Å². The highest BCUT2D eigenvalue weighted by molar-refractivity contribution is 6.30. The van der Waals surface area contributed by atoms with Crippen molar-refractivity contribution in [3.63, 3.8) is 0 Å². The van der Waals surface area contributed by atoms with E-state index in [1.54, 1.807) is 16.8 Å². The van der Waals surface area contributed by atoms with Crippen LogP contribution in [-0.2, 0) is 6.54 Å². The van der Waals surface area contributed by atoms with Crippen LogP contribution in [0.4, 0.5) is 10.3 Å². The van der Waals surface area contributed by atoms with E-state index in [1.165, 1.54) is 12.4 Å². The molecule has 2 N–H and O–H groups in total. The van der Waals surface area contributed by atoms with Crippen LogP contribution in [0.1, 0.15) is 5.56 Å². The highest BCUT2D eigenvalue weighted by Crippen LogP contribution is 2.16. The second-order valence-corrected chi connectivity index (χ2v) is 3.46. The van der Waals surface area contributed by atoms with Crippen LogP contribution < -0.4 is 5.73 Å². The van der Waals surface area contributed by atoms with E-state index in [9.17, 15) is 4.39 Å². The number of hydrogen-bond acceptors (Lipinski definition) is 3. The molecule has 0 atom stereocenters. The molecule has 15 heavy (non-hydrogen) atoms. The van der Waals surface area contributed by atoms with Gasteiger partial charge in [-0.15, -0.1) is 5.10 Å². The molecule has 2 aromatic rings. The van der Waals surface area contributed by atoms with Crippen molar-refractivity contribution in [1.29, 1.82) is 0 Å². The summed E-state index contributed by atoms with van der Waals surface area (Å²) in [4.78, 5) is 3.78. The van der Waals surface area contributed by atoms with Crippen molar-refractivity contribution in [3.05, 3.63) is 40.9 Å². The quantitative estimate of drug-likeness (QED) is 0.848. The lowest BCUT2D eigenvalue weighted by molar-refractivity contribution is 0.625. The number of hydrogen-bond donors (Lipinski definition) is 1. The van der Waals surface area contributed by atoms with Gasteiger partial charge in [-0.1, -0.05) is 17.7 Å². The predicted molar refractivity (Wildman–Crippen MR) is 54.9 cm³/mol. The second kappa shape index (κ2) is 3.86. The van der Waals surface area contributed by atoms with Crippen LogP contribution >= 0.6 is 11.6 Å². The third-order valence-electron chi connectivity index (χ3n) is 1.88. The van der Waals surface area contributed by atoms with Gasteiger partial charge in [0.2, 0.25) is 5.95 Å². The average molecular weight is 227 g/mol. The summed E-state index contributed by atoms with van der Waals surface area (Å²) in [5, 5.41) is 4.00. The van der Waals surface area contributed by atoms with Crippen molar-refractivity contribution in [1.82, 2.24) is 14.8 Å². The summed E-state index contributed by atoms with van der Waals surface area (Å²) >= 11 is 5.64. The first-order valence-corrected chi connectivity index (χ1v) is 4.62. The zero-order valence-corrected chi connectivity index (χ0v) is 8.45. The Balaban J connectivity index is 2.21. The molecule has 0 unspecified atom stereocenters. The Morgan fingerprint density at radius 2 is 2.27 bits per heavy atom. The van der Waals surface area contributed by atoms with Crippen LogP contribution in [0.15, 0.2) is 24.5 Å². The number of anilines is 1. The van der Waals surface area contributed by atoms with Crippen molar-refractivity contribution in [2.24, 2.45) is 0 Å². The summed E-state index contributed by atoms with van der Waals surface area (Å²) in [5.74, 6) is -0.221. The number of rotatable bonds is 2. The van der Waals surface area contributed by atoms with Gasteiger partial charge in [-0.3, -0.25) is 0 Å². The zero-order chi connectivity index (χ0) is 10.8. The third kappa shape index (κ3) is 2.24. The van der Waals surface area contributed by atoms with Crippen LogP contribution in [0.3, 0.4) is 0 Å². The zero-order valence-electron chi connectivity index (χ0n) is 7.69. The normalized spacial score (nSPS) is 10.5. The van der Waals surface area contributed by atoms with Crippen molar-refractivity contribution in [2.75, 3.05) is 5.73 Å². The Morgan fingerprint density at radius 1 is 1.47 bits per heavy atom. The van der Waals surface area contributed by atoms with E-state index in [0.717, 1.165) is 5.56 Å². The first kappa shape index (κ1) is 9.92. The molecule has 0 fully saturated rings. The molecule has 0 spiro atoms. The Hall–Kier alpha value is -1.62. The lowest BCUT2D eigenvalue weighted by Gasteiger charge is -2.01. The van der Waals surface area contributed by atoms with E-state index in [1.807, 2.05) is 0 Å². The van der Waals surface area contributed by atoms with Crippen LogP contribution in [0.25, 0.3) is 0 Å². The molecule has 6 heteroatoms. The molecule has 1 aromatic carbocycles. The van der Waals surface area contributed by atoms with Crippen molar-refractivity contribution in [2.45, 2.75) is 6.54 Å². The summed E-state index contributed by atoms with van der Waals surface area (Å²) in [6.07, 6.45) is 1.51. The fraction of sp³-hybridized carbons (Fsp3) is 0.111. The summed E-state index contributed by atoms with van der Waals surface area (Å²) in [7, 11) is 0. The predicted octanol–water partition coefficient (Wildman–Crippen LogP) is 1.70. The monoisotopic (exact) mass is 226 g/mol. The minimum Gasteiger partial charge on any atom is -0.367 e. The minimum absolute atomic E-state index is 0.0978. The first-order valence-electron chi connectivity index (χ1n) is 4.24. The highest BCUT2D eigenvalue weighted by Gasteiger charge is 2.02. The van der Waals surface area contributed by atoms with Crippen molar-refractivity contribution in [3.8, 4) is 0 Å². The topological polar surface area (TPSA) is 56.7 Å². The van der Waals surface area contributed by atoms with Gasteiger partial charge in [0.15, 0.2) is 0 Å². The van der Waals surface area contributed by atoms with Gasteiger partial charge < -0.3 is 5.73 Å². The van der Waals surface area contributed by atoms with E-state index in [2.05, 4.69) is 10.1 Å². The average Bonchev–Trinajstić information content (AvgIpc) is 2.58. The molecule has 78 valence electrons. The SMILES string of the molecule is Nc1ncn(Cc2ccc(F)c(Cl)c2)n1. The Morgan fingerprint density at radius 3 is 2.87 bits per heavy atom. The number of halogens is 2. The van der Waals surface area contributed by atoms with Gasteiger partial charge in [0, 0.05) is 0 Å². The molecule has 0 aliphatic rings. The molecular weight excluding hydrogens is 219 g/mol. The van der Waals surface area contributed by atoms with Crippen molar-refractivity contribution < 1.29 is 4.39 Å². The molecule has 0 saturated carbocycles. The molecular formula is C9H8ClFN4. The fourth-order valence-corrected chi connectivity index (χ4v) is 1.41. The maximum Gasteiger partial charge on any atom is 0.239 e. The minimum atomic E-state index is -0.432. The van der Waals surface area contributed by atoms with Gasteiger partial charge in [-0.05, 0) is 17.7 Å². The van der Waals surface area contributed by atoms with Gasteiger partial charge in [-0.25, -0.2) is 14.1 Å². The summed E-state index contributed by atoms with van der Waals surface area (Å²) < 4.78 is 14.4. The highest BCUT2D eigenvalue weighted by atomic mass is 35.5. The number of nitrogens with zero attached hydrogens (tertiary/aromatic N) is 3. The molecule has 0 bridgehead atoms. The maximum absolute atomic E-state index is 12.9. The van der Waals surface area contributed by atoms with E-state index < -0.39 is 5.82 Å². The Labute approximate surface area is 90.5 Å². The molecule has 0 saturated heterocycles. The number of nitrogen functional groups attached to an aromatic ring is 1. The number of nitrogens with two attached hydrogens (primary N) is 1. The maximum atomic E-state index is 12.9. The van der Waals surface area contributed by atoms with Gasteiger partial charge in [0.25, 0.3) is 0 Å². The lowest BCUT2D eigenvalue weighted by Crippen LogP contribution is -2.01. The second-order valence-electron chi connectivity index (χ2n) is 3.05. The fourth-order valence-electron chi connectivity index (χ4n) is 1.21. The van der Waals surface area contributed by atoms with Crippen LogP contribution in [0, 0.1) is 5.82 Å². The van der Waals surface area contributed by atoms with Crippen molar-refractivity contribution >= 4 is 17.5 Å². The molecule has 1 heterocycles. The van der Waals surface area contributed by atoms with E-state index in [0.29, 0.717) is 6.54 Å². The Bertz CT molecular complexity index is 483. The molecule has 0 amide bonds. The van der Waals surface area contributed by atoms with E-state index >= 15 is 0 Å². The molecule has 4 nitrogen and oxygen atoms in total. The lowest BCUT2D eigenvalue weighted by atomic mass is 10.2. The molecule has 2 rings (SSSR count). The first-order chi connectivity index (χ1) is 7.15. The summed E-state index contributed by atoms with van der Waals surface area (Å²) in [6, 6.07) is 4.51. The van der Waals surface area contributed by atoms with E-state index in [-0.39, 0.29) is 11.0 Å². The smallest absolute Gasteiger partial charge is 0.239 e. The molecule has 0 aliphatic heterocycles. The van der Waals surface area contributed by atoms with Crippen LogP contribution in [0.5, 0.6) is 0 Å². The van der Waals surface area contributed by atoms with Gasteiger partial charge in [0.05, 0.1) is 11.6 Å². The Kier molecular flexibility index (Phi) is 2.55. The van der Waals surface area contributed by atoms with Gasteiger partial charge >= 0.3 is 0 Å². The molecule has 0 aliphatic carbocycles. The number of benzene rings is 1. The standard InChI is InChI=1S/C9H8ClFN4/c10-7-3-6(1-2-8(7)11)4-15-5-13-9(12)14-15/h1-3,5H,4H2,(H2,12,14). The summed E-state index contributed by atoms with van der Waals surface area (Å²) in [5.41, 5.74) is 6.20. The largest absolute Gasteiger partial charge is 0.367 e. The number of aromatic nitrogens is 3. The summed E-state index contributed by atoms with van der Waals surface area (Å²) in [6.45, 7) is 0.462. The van der Waals surface area contributed by atoms with Gasteiger partial charge in [0.1, 0.15) is 12.1 Å². The molecule has 0 radical (unpaired) electrons.